The predicted molar refractivity (Wildman–Crippen MR) is 122 cm³/mol. The predicted octanol–water partition coefficient (Wildman–Crippen LogP) is 6.07. The molecule has 30 heavy (non-hydrogen) atoms. The van der Waals surface area contributed by atoms with Crippen LogP contribution < -0.4 is 4.74 Å². The Morgan fingerprint density at radius 1 is 0.900 bits per heavy atom. The number of H-pyrrole nitrogens is 1. The number of nitrogens with one attached hydrogen (secondary N) is 1. The first-order valence-corrected chi connectivity index (χ1v) is 10.8. The van der Waals surface area contributed by atoms with E-state index in [-0.39, 0.29) is 5.92 Å². The Kier molecular flexibility index (Phi) is 5.03. The van der Waals surface area contributed by atoms with Gasteiger partial charge in [0.2, 0.25) is 0 Å². The lowest BCUT2D eigenvalue weighted by molar-refractivity contribution is 0.414. The van der Waals surface area contributed by atoms with Crippen LogP contribution in [0.15, 0.2) is 84.2 Å². The fraction of sp³-hybridized carbons (Fsp3) is 0.120. The minimum Gasteiger partial charge on any atom is -0.497 e. The summed E-state index contributed by atoms with van der Waals surface area (Å²) in [5, 5.41) is 3.19. The van der Waals surface area contributed by atoms with E-state index in [0.29, 0.717) is 0 Å². The molecule has 0 bridgehead atoms. The quantitative estimate of drug-likeness (QED) is 0.369. The van der Waals surface area contributed by atoms with E-state index < -0.39 is 0 Å². The second-order valence-corrected chi connectivity index (χ2v) is 8.07. The van der Waals surface area contributed by atoms with Crippen molar-refractivity contribution in [3.8, 4) is 17.0 Å². The first-order valence-electron chi connectivity index (χ1n) is 9.88. The number of hydrogen-bond acceptors (Lipinski definition) is 4. The monoisotopic (exact) mass is 411 g/mol. The Balaban J connectivity index is 1.54. The Labute approximate surface area is 179 Å². The van der Waals surface area contributed by atoms with Crippen molar-refractivity contribution >= 4 is 22.4 Å². The molecule has 1 N–H and O–H groups in total. The molecule has 0 aliphatic heterocycles. The van der Waals surface area contributed by atoms with Crippen LogP contribution in [0.2, 0.25) is 0 Å². The fourth-order valence-electron chi connectivity index (χ4n) is 3.62. The van der Waals surface area contributed by atoms with E-state index in [0.717, 1.165) is 45.3 Å². The van der Waals surface area contributed by atoms with Crippen LogP contribution in [0.25, 0.3) is 22.3 Å². The lowest BCUT2D eigenvalue weighted by Crippen LogP contribution is -2.07. The van der Waals surface area contributed by atoms with Gasteiger partial charge in [0.15, 0.2) is 0 Å². The molecule has 5 rings (SSSR count). The maximum Gasteiger partial charge on any atom is 0.118 e. The highest BCUT2D eigenvalue weighted by Crippen LogP contribution is 2.33. The lowest BCUT2D eigenvalue weighted by atomic mass is 9.99. The summed E-state index contributed by atoms with van der Waals surface area (Å²) >= 11 is 1.69. The summed E-state index contributed by atoms with van der Waals surface area (Å²) in [7, 11) is 1.69. The first kappa shape index (κ1) is 18.6. The number of thiazole rings is 1. The average Bonchev–Trinajstić information content (AvgIpc) is 3.46. The SMILES string of the molecule is COc1ccc(CC(c2nc3ccccc3[nH]2)c2nc(-c3ccccc3)cs2)cc1. The summed E-state index contributed by atoms with van der Waals surface area (Å²) in [5.41, 5.74) is 5.39. The summed E-state index contributed by atoms with van der Waals surface area (Å²) in [5.74, 6) is 1.86. The fourth-order valence-corrected chi connectivity index (χ4v) is 4.56. The van der Waals surface area contributed by atoms with Gasteiger partial charge in [0, 0.05) is 10.9 Å². The molecule has 0 spiro atoms. The molecule has 5 aromatic rings. The number of para-hydroxylation sites is 2. The Morgan fingerprint density at radius 3 is 2.43 bits per heavy atom. The van der Waals surface area contributed by atoms with Crippen molar-refractivity contribution < 1.29 is 4.74 Å². The third kappa shape index (κ3) is 3.72. The van der Waals surface area contributed by atoms with Crippen LogP contribution in [0, 0.1) is 0 Å². The molecule has 0 amide bonds. The van der Waals surface area contributed by atoms with E-state index in [1.54, 1.807) is 18.4 Å². The lowest BCUT2D eigenvalue weighted by Gasteiger charge is -2.13. The minimum atomic E-state index is 0.0493. The van der Waals surface area contributed by atoms with E-state index in [1.165, 1.54) is 5.56 Å². The van der Waals surface area contributed by atoms with E-state index in [4.69, 9.17) is 14.7 Å². The minimum absolute atomic E-state index is 0.0493. The number of methoxy groups -OCH3 is 1. The first-order chi connectivity index (χ1) is 14.8. The van der Waals surface area contributed by atoms with Gasteiger partial charge in [-0.15, -0.1) is 11.3 Å². The van der Waals surface area contributed by atoms with Crippen LogP contribution >= 0.6 is 11.3 Å². The van der Waals surface area contributed by atoms with Crippen molar-refractivity contribution in [1.82, 2.24) is 15.0 Å². The smallest absolute Gasteiger partial charge is 0.118 e. The summed E-state index contributed by atoms with van der Waals surface area (Å²) in [4.78, 5) is 13.4. The molecule has 0 fully saturated rings. The van der Waals surface area contributed by atoms with Crippen molar-refractivity contribution in [3.63, 3.8) is 0 Å². The topological polar surface area (TPSA) is 50.8 Å². The van der Waals surface area contributed by atoms with Crippen LogP contribution in [0.1, 0.15) is 22.3 Å². The van der Waals surface area contributed by atoms with Gasteiger partial charge in [0.05, 0.1) is 29.8 Å². The third-order valence-corrected chi connectivity index (χ3v) is 6.18. The second kappa shape index (κ2) is 8.13. The highest BCUT2D eigenvalue weighted by atomic mass is 32.1. The van der Waals surface area contributed by atoms with Crippen molar-refractivity contribution in [1.29, 1.82) is 0 Å². The molecule has 0 saturated heterocycles. The van der Waals surface area contributed by atoms with Crippen LogP contribution in [-0.4, -0.2) is 22.1 Å². The van der Waals surface area contributed by atoms with Gasteiger partial charge in [-0.05, 0) is 36.2 Å². The molecule has 0 radical (unpaired) electrons. The van der Waals surface area contributed by atoms with Crippen molar-refractivity contribution in [2.45, 2.75) is 12.3 Å². The Hall–Kier alpha value is -3.44. The number of hydrogen-bond donors (Lipinski definition) is 1. The summed E-state index contributed by atoms with van der Waals surface area (Å²) in [6, 6.07) is 26.7. The number of benzene rings is 3. The molecule has 0 aliphatic carbocycles. The molecule has 0 aliphatic rings. The summed E-state index contributed by atoms with van der Waals surface area (Å²) in [6.07, 6.45) is 0.811. The van der Waals surface area contributed by atoms with Gasteiger partial charge in [0.1, 0.15) is 16.6 Å². The number of aromatic nitrogens is 3. The molecule has 148 valence electrons. The molecule has 0 saturated carbocycles. The standard InChI is InChI=1S/C25H21N3OS/c1-29-19-13-11-17(12-14-19)15-20(24-26-21-9-5-6-10-22(21)27-24)25-28-23(16-30-25)18-7-3-2-4-8-18/h2-14,16,20H,15H2,1H3,(H,26,27). The number of ether oxygens (including phenoxy) is 1. The number of imidazole rings is 1. The Morgan fingerprint density at radius 2 is 1.67 bits per heavy atom. The molecule has 4 nitrogen and oxygen atoms in total. The molecule has 5 heteroatoms. The molecular weight excluding hydrogens is 390 g/mol. The van der Waals surface area contributed by atoms with E-state index in [1.807, 2.05) is 48.5 Å². The number of aromatic amines is 1. The molecule has 1 atom stereocenters. The highest BCUT2D eigenvalue weighted by molar-refractivity contribution is 7.10. The van der Waals surface area contributed by atoms with Crippen LogP contribution in [0.4, 0.5) is 0 Å². The second-order valence-electron chi connectivity index (χ2n) is 7.18. The molecule has 1 unspecified atom stereocenters. The number of rotatable bonds is 6. The molecule has 3 aromatic carbocycles. The van der Waals surface area contributed by atoms with Gasteiger partial charge < -0.3 is 9.72 Å². The van der Waals surface area contributed by atoms with E-state index in [2.05, 4.69) is 40.7 Å². The zero-order valence-corrected chi connectivity index (χ0v) is 17.4. The molecule has 2 aromatic heterocycles. The summed E-state index contributed by atoms with van der Waals surface area (Å²) in [6.45, 7) is 0. The number of nitrogens with zero attached hydrogens (tertiary/aromatic N) is 2. The highest BCUT2D eigenvalue weighted by Gasteiger charge is 2.22. The van der Waals surface area contributed by atoms with Gasteiger partial charge >= 0.3 is 0 Å². The van der Waals surface area contributed by atoms with Gasteiger partial charge in [-0.3, -0.25) is 0 Å². The number of fused-ring (bicyclic) bond motifs is 1. The van der Waals surface area contributed by atoms with E-state index >= 15 is 0 Å². The van der Waals surface area contributed by atoms with Gasteiger partial charge in [-0.2, -0.15) is 0 Å². The van der Waals surface area contributed by atoms with Crippen LogP contribution in [-0.2, 0) is 6.42 Å². The maximum absolute atomic E-state index is 5.31. The average molecular weight is 412 g/mol. The van der Waals surface area contributed by atoms with E-state index in [9.17, 15) is 0 Å². The Bertz CT molecular complexity index is 1230. The largest absolute Gasteiger partial charge is 0.497 e. The zero-order valence-electron chi connectivity index (χ0n) is 16.6. The van der Waals surface area contributed by atoms with Gasteiger partial charge in [-0.1, -0.05) is 54.6 Å². The summed E-state index contributed by atoms with van der Waals surface area (Å²) < 4.78 is 5.31. The normalized spacial score (nSPS) is 12.2. The van der Waals surface area contributed by atoms with Crippen molar-refractivity contribution in [2.75, 3.05) is 7.11 Å². The van der Waals surface area contributed by atoms with Crippen molar-refractivity contribution in [2.24, 2.45) is 0 Å². The zero-order chi connectivity index (χ0) is 20.3. The maximum atomic E-state index is 5.31. The van der Waals surface area contributed by atoms with Crippen molar-refractivity contribution in [3.05, 3.63) is 101 Å². The van der Waals surface area contributed by atoms with Gasteiger partial charge in [0.25, 0.3) is 0 Å². The van der Waals surface area contributed by atoms with Crippen LogP contribution in [0.5, 0.6) is 5.75 Å². The van der Waals surface area contributed by atoms with Crippen LogP contribution in [0.3, 0.4) is 0 Å². The molecular formula is C25H21N3OS. The van der Waals surface area contributed by atoms with Gasteiger partial charge in [-0.25, -0.2) is 9.97 Å². The third-order valence-electron chi connectivity index (χ3n) is 5.23. The molecule has 2 heterocycles.